The Kier molecular flexibility index (Phi) is 6.45. The van der Waals surface area contributed by atoms with Crippen molar-refractivity contribution in [3.05, 3.63) is 51.3 Å². The van der Waals surface area contributed by atoms with Crippen LogP contribution in [-0.4, -0.2) is 9.97 Å². The largest absolute Gasteiger partial charge is 0.394 e. The first-order chi connectivity index (χ1) is 11.4. The predicted octanol–water partition coefficient (Wildman–Crippen LogP) is 5.59. The Hall–Kier alpha value is -1.79. The van der Waals surface area contributed by atoms with E-state index >= 15 is 0 Å². The van der Waals surface area contributed by atoms with Crippen LogP contribution < -0.4 is 11.1 Å². The first-order valence-corrected chi connectivity index (χ1v) is 9.58. The molecule has 2 rings (SSSR count). The molecule has 6 heteroatoms. The number of nitrogens with one attached hydrogen (secondary N) is 1. The van der Waals surface area contributed by atoms with Gasteiger partial charge in [-0.1, -0.05) is 30.3 Å². The zero-order chi connectivity index (χ0) is 17.7. The number of pyridine rings is 1. The van der Waals surface area contributed by atoms with Crippen molar-refractivity contribution in [2.75, 3.05) is 5.32 Å². The lowest BCUT2D eigenvalue weighted by atomic mass is 10.3. The first-order valence-electron chi connectivity index (χ1n) is 7.88. The number of rotatable bonds is 6. The van der Waals surface area contributed by atoms with Gasteiger partial charge in [0.2, 0.25) is 0 Å². The summed E-state index contributed by atoms with van der Waals surface area (Å²) in [6.07, 6.45) is 2.96. The van der Waals surface area contributed by atoms with Crippen LogP contribution in [0, 0.1) is 13.8 Å². The fourth-order valence-corrected chi connectivity index (χ4v) is 3.83. The Balaban J connectivity index is 2.22. The lowest BCUT2D eigenvalue weighted by molar-refractivity contribution is 1.12. The van der Waals surface area contributed by atoms with Crippen LogP contribution in [0.25, 0.3) is 4.91 Å². The second kappa shape index (κ2) is 8.35. The maximum absolute atomic E-state index is 6.07. The van der Waals surface area contributed by atoms with E-state index in [9.17, 15) is 0 Å². The topological polar surface area (TPSA) is 63.8 Å². The number of allylic oxidation sites excluding steroid dienone is 2. The van der Waals surface area contributed by atoms with Crippen LogP contribution in [0.5, 0.6) is 0 Å². The molecule has 2 aromatic heterocycles. The molecule has 0 aliphatic heterocycles. The fourth-order valence-electron chi connectivity index (χ4n) is 2.14. The Morgan fingerprint density at radius 3 is 2.67 bits per heavy atom. The molecule has 3 N–H and O–H groups in total. The van der Waals surface area contributed by atoms with Crippen LogP contribution >= 0.6 is 23.1 Å². The lowest BCUT2D eigenvalue weighted by Gasteiger charge is -2.08. The molecular weight excluding hydrogens is 336 g/mol. The SMILES string of the molecule is CC/C=C(\N)SC(=C(C)C)c1csc(Nc2ccc(C)nc2C)n1. The Labute approximate surface area is 152 Å². The third-order valence-electron chi connectivity index (χ3n) is 3.28. The van der Waals surface area contributed by atoms with Gasteiger partial charge in [-0.05, 0) is 46.2 Å². The van der Waals surface area contributed by atoms with Gasteiger partial charge in [0.15, 0.2) is 5.13 Å². The summed E-state index contributed by atoms with van der Waals surface area (Å²) < 4.78 is 0. The Morgan fingerprint density at radius 1 is 1.29 bits per heavy atom. The molecule has 0 radical (unpaired) electrons. The number of aromatic nitrogens is 2. The summed E-state index contributed by atoms with van der Waals surface area (Å²) in [7, 11) is 0. The molecule has 0 spiro atoms. The summed E-state index contributed by atoms with van der Waals surface area (Å²) in [5, 5.41) is 7.09. The summed E-state index contributed by atoms with van der Waals surface area (Å²) in [5.41, 5.74) is 11.2. The van der Waals surface area contributed by atoms with E-state index in [0.29, 0.717) is 0 Å². The standard InChI is InChI=1S/C18H24N4S2/c1-6-7-16(19)24-17(11(2)3)15-10-23-18(22-15)21-14-9-8-12(4)20-13(14)5/h7-10H,6,19H2,1-5H3,(H,21,22)/b16-7+. The molecule has 0 aromatic carbocycles. The van der Waals surface area contributed by atoms with Gasteiger partial charge in [0, 0.05) is 16.0 Å². The monoisotopic (exact) mass is 360 g/mol. The molecule has 0 fully saturated rings. The van der Waals surface area contributed by atoms with Gasteiger partial charge in [0.1, 0.15) is 0 Å². The number of anilines is 2. The maximum Gasteiger partial charge on any atom is 0.187 e. The van der Waals surface area contributed by atoms with E-state index in [0.717, 1.165) is 44.3 Å². The quantitative estimate of drug-likeness (QED) is 0.703. The zero-order valence-corrected chi connectivity index (χ0v) is 16.4. The summed E-state index contributed by atoms with van der Waals surface area (Å²) >= 11 is 3.16. The molecule has 2 heterocycles. The molecule has 128 valence electrons. The Bertz CT molecular complexity index is 771. The fraction of sp³-hybridized carbons (Fsp3) is 0.333. The van der Waals surface area contributed by atoms with Crippen LogP contribution in [0.2, 0.25) is 0 Å². The van der Waals surface area contributed by atoms with Crippen molar-refractivity contribution < 1.29 is 0 Å². The highest BCUT2D eigenvalue weighted by atomic mass is 32.2. The molecule has 0 saturated carbocycles. The average molecular weight is 361 g/mol. The van der Waals surface area contributed by atoms with Crippen molar-refractivity contribution in [1.82, 2.24) is 9.97 Å². The van der Waals surface area contributed by atoms with Gasteiger partial charge in [0.25, 0.3) is 0 Å². The number of nitrogens with zero attached hydrogens (tertiary/aromatic N) is 2. The molecule has 0 bridgehead atoms. The molecule has 0 atom stereocenters. The maximum atomic E-state index is 6.07. The van der Waals surface area contributed by atoms with Gasteiger partial charge in [-0.25, -0.2) is 4.98 Å². The normalized spacial score (nSPS) is 11.5. The van der Waals surface area contributed by atoms with Gasteiger partial charge < -0.3 is 11.1 Å². The van der Waals surface area contributed by atoms with E-state index in [1.54, 1.807) is 23.1 Å². The molecule has 24 heavy (non-hydrogen) atoms. The summed E-state index contributed by atoms with van der Waals surface area (Å²) in [6, 6.07) is 4.04. The van der Waals surface area contributed by atoms with E-state index in [1.165, 1.54) is 5.57 Å². The van der Waals surface area contributed by atoms with Crippen LogP contribution in [0.3, 0.4) is 0 Å². The van der Waals surface area contributed by atoms with Gasteiger partial charge >= 0.3 is 0 Å². The molecular formula is C18H24N4S2. The number of thiazole rings is 1. The minimum atomic E-state index is 0.815. The molecule has 0 aliphatic carbocycles. The van der Waals surface area contributed by atoms with E-state index in [1.807, 2.05) is 32.1 Å². The van der Waals surface area contributed by atoms with Gasteiger partial charge in [-0.3, -0.25) is 4.98 Å². The third-order valence-corrected chi connectivity index (χ3v) is 5.26. The smallest absolute Gasteiger partial charge is 0.187 e. The zero-order valence-electron chi connectivity index (χ0n) is 14.8. The van der Waals surface area contributed by atoms with Crippen molar-refractivity contribution in [1.29, 1.82) is 0 Å². The molecule has 0 amide bonds. The van der Waals surface area contributed by atoms with E-state index in [-0.39, 0.29) is 0 Å². The van der Waals surface area contributed by atoms with Crippen molar-refractivity contribution in [2.45, 2.75) is 41.0 Å². The van der Waals surface area contributed by atoms with Crippen molar-refractivity contribution in [3.63, 3.8) is 0 Å². The first kappa shape index (κ1) is 18.5. The number of nitrogens with two attached hydrogens (primary N) is 1. The highest BCUT2D eigenvalue weighted by molar-refractivity contribution is 8.11. The lowest BCUT2D eigenvalue weighted by Crippen LogP contribution is -1.97. The molecule has 0 saturated heterocycles. The van der Waals surface area contributed by atoms with Crippen LogP contribution in [0.15, 0.2) is 34.2 Å². The van der Waals surface area contributed by atoms with Crippen molar-refractivity contribution >= 4 is 38.8 Å². The van der Waals surface area contributed by atoms with Crippen LogP contribution in [-0.2, 0) is 0 Å². The number of hydrogen-bond donors (Lipinski definition) is 2. The molecule has 0 unspecified atom stereocenters. The highest BCUT2D eigenvalue weighted by Crippen LogP contribution is 2.36. The van der Waals surface area contributed by atoms with Crippen LogP contribution in [0.4, 0.5) is 10.8 Å². The summed E-state index contributed by atoms with van der Waals surface area (Å²) in [6.45, 7) is 10.2. The third kappa shape index (κ3) is 4.85. The van der Waals surface area contributed by atoms with Gasteiger partial charge in [-0.15, -0.1) is 11.3 Å². The van der Waals surface area contributed by atoms with Crippen molar-refractivity contribution in [3.8, 4) is 0 Å². The second-order valence-electron chi connectivity index (χ2n) is 5.69. The highest BCUT2D eigenvalue weighted by Gasteiger charge is 2.12. The van der Waals surface area contributed by atoms with E-state index < -0.39 is 0 Å². The Morgan fingerprint density at radius 2 is 2.04 bits per heavy atom. The van der Waals surface area contributed by atoms with Crippen molar-refractivity contribution in [2.24, 2.45) is 5.73 Å². The van der Waals surface area contributed by atoms with E-state index in [2.05, 4.69) is 36.5 Å². The minimum Gasteiger partial charge on any atom is -0.394 e. The van der Waals surface area contributed by atoms with E-state index in [4.69, 9.17) is 10.7 Å². The number of aryl methyl sites for hydroxylation is 2. The molecule has 4 nitrogen and oxygen atoms in total. The summed E-state index contributed by atoms with van der Waals surface area (Å²) in [4.78, 5) is 10.3. The number of hydrogen-bond acceptors (Lipinski definition) is 6. The molecule has 0 aliphatic rings. The minimum absolute atomic E-state index is 0.815. The van der Waals surface area contributed by atoms with Gasteiger partial charge in [-0.2, -0.15) is 0 Å². The van der Waals surface area contributed by atoms with Gasteiger partial charge in [0.05, 0.1) is 22.1 Å². The second-order valence-corrected chi connectivity index (χ2v) is 7.64. The summed E-state index contributed by atoms with van der Waals surface area (Å²) in [5.74, 6) is 0. The van der Waals surface area contributed by atoms with Crippen LogP contribution in [0.1, 0.15) is 44.3 Å². The predicted molar refractivity (Wildman–Crippen MR) is 108 cm³/mol. The average Bonchev–Trinajstić information content (AvgIpc) is 2.96. The number of thioether (sulfide) groups is 1. The molecule has 2 aromatic rings.